The molecule has 2 heterocycles. The van der Waals surface area contributed by atoms with Gasteiger partial charge in [-0.05, 0) is 25.9 Å². The zero-order valence-corrected chi connectivity index (χ0v) is 10.6. The Labute approximate surface area is 104 Å². The van der Waals surface area contributed by atoms with Crippen LogP contribution in [0.5, 0.6) is 0 Å². The third-order valence-corrected chi connectivity index (χ3v) is 3.29. The van der Waals surface area contributed by atoms with Crippen molar-refractivity contribution < 1.29 is 4.79 Å². The van der Waals surface area contributed by atoms with Crippen LogP contribution in [-0.4, -0.2) is 61.5 Å². The van der Waals surface area contributed by atoms with Gasteiger partial charge in [0.2, 0.25) is 5.91 Å². The molecule has 0 aromatic rings. The van der Waals surface area contributed by atoms with E-state index in [0.29, 0.717) is 5.91 Å². The summed E-state index contributed by atoms with van der Waals surface area (Å²) in [6.07, 6.45) is 3.05. The second kappa shape index (κ2) is 7.09. The summed E-state index contributed by atoms with van der Waals surface area (Å²) in [4.78, 5) is 15.9. The Kier molecular flexibility index (Phi) is 6.09. The molecular formula is C11H22ClN3O. The largest absolute Gasteiger partial charge is 0.341 e. The molecule has 0 aromatic carbocycles. The van der Waals surface area contributed by atoms with Crippen LogP contribution in [0.25, 0.3) is 0 Å². The van der Waals surface area contributed by atoms with Gasteiger partial charge in [-0.3, -0.25) is 4.79 Å². The van der Waals surface area contributed by atoms with Crippen molar-refractivity contribution in [3.05, 3.63) is 0 Å². The zero-order chi connectivity index (χ0) is 10.5. The van der Waals surface area contributed by atoms with E-state index in [9.17, 15) is 4.79 Å². The lowest BCUT2D eigenvalue weighted by molar-refractivity contribution is -0.127. The molecule has 5 heteroatoms. The van der Waals surface area contributed by atoms with Crippen LogP contribution in [0.15, 0.2) is 0 Å². The molecule has 0 radical (unpaired) electrons. The first-order chi connectivity index (χ1) is 7.36. The van der Waals surface area contributed by atoms with Crippen LogP contribution in [-0.2, 0) is 4.79 Å². The molecule has 2 rings (SSSR count). The van der Waals surface area contributed by atoms with Gasteiger partial charge >= 0.3 is 0 Å². The molecule has 2 saturated heterocycles. The molecule has 2 aliphatic heterocycles. The highest BCUT2D eigenvalue weighted by atomic mass is 35.5. The van der Waals surface area contributed by atoms with E-state index in [1.807, 2.05) is 4.90 Å². The molecule has 0 aromatic heterocycles. The van der Waals surface area contributed by atoms with Crippen molar-refractivity contribution >= 4 is 18.3 Å². The van der Waals surface area contributed by atoms with E-state index in [0.717, 1.165) is 52.1 Å². The molecule has 0 saturated carbocycles. The Morgan fingerprint density at radius 1 is 1.06 bits per heavy atom. The van der Waals surface area contributed by atoms with Crippen LogP contribution in [0, 0.1) is 0 Å². The molecule has 2 fully saturated rings. The zero-order valence-electron chi connectivity index (χ0n) is 9.78. The lowest BCUT2D eigenvalue weighted by Crippen LogP contribution is -2.37. The number of nitrogens with one attached hydrogen (secondary N) is 1. The fraction of sp³-hybridized carbons (Fsp3) is 0.909. The lowest BCUT2D eigenvalue weighted by Gasteiger charge is -2.23. The predicted molar refractivity (Wildman–Crippen MR) is 67.0 cm³/mol. The second-order valence-corrected chi connectivity index (χ2v) is 4.43. The highest BCUT2D eigenvalue weighted by Crippen LogP contribution is 2.09. The monoisotopic (exact) mass is 247 g/mol. The quantitative estimate of drug-likeness (QED) is 0.781. The smallest absolute Gasteiger partial charge is 0.222 e. The Morgan fingerprint density at radius 3 is 2.69 bits per heavy atom. The number of rotatable bonds is 3. The van der Waals surface area contributed by atoms with Crippen molar-refractivity contribution in [1.82, 2.24) is 15.1 Å². The topological polar surface area (TPSA) is 35.6 Å². The van der Waals surface area contributed by atoms with E-state index in [4.69, 9.17) is 0 Å². The minimum Gasteiger partial charge on any atom is -0.341 e. The molecule has 16 heavy (non-hydrogen) atoms. The van der Waals surface area contributed by atoms with Crippen molar-refractivity contribution in [2.75, 3.05) is 45.8 Å². The van der Waals surface area contributed by atoms with Gasteiger partial charge in [0, 0.05) is 39.1 Å². The summed E-state index contributed by atoms with van der Waals surface area (Å²) in [5, 5.41) is 3.39. The molecule has 0 bridgehead atoms. The molecule has 0 atom stereocenters. The third kappa shape index (κ3) is 3.92. The average Bonchev–Trinajstić information content (AvgIpc) is 2.53. The summed E-state index contributed by atoms with van der Waals surface area (Å²) in [5.74, 6) is 0.350. The first kappa shape index (κ1) is 13.7. The Bertz CT molecular complexity index is 217. The van der Waals surface area contributed by atoms with Gasteiger partial charge in [0.25, 0.3) is 0 Å². The summed E-state index contributed by atoms with van der Waals surface area (Å²) >= 11 is 0. The summed E-state index contributed by atoms with van der Waals surface area (Å²) in [6.45, 7) is 7.49. The van der Waals surface area contributed by atoms with Crippen molar-refractivity contribution in [3.63, 3.8) is 0 Å². The molecule has 0 unspecified atom stereocenters. The van der Waals surface area contributed by atoms with Crippen molar-refractivity contribution in [2.45, 2.75) is 19.3 Å². The maximum Gasteiger partial charge on any atom is 0.222 e. The fourth-order valence-electron chi connectivity index (χ4n) is 2.33. The molecule has 94 valence electrons. The van der Waals surface area contributed by atoms with Gasteiger partial charge in [-0.15, -0.1) is 12.4 Å². The summed E-state index contributed by atoms with van der Waals surface area (Å²) in [7, 11) is 0. The summed E-state index contributed by atoms with van der Waals surface area (Å²) in [5.41, 5.74) is 0. The van der Waals surface area contributed by atoms with Gasteiger partial charge in [0.15, 0.2) is 0 Å². The minimum atomic E-state index is 0. The van der Waals surface area contributed by atoms with Gasteiger partial charge in [-0.2, -0.15) is 0 Å². The van der Waals surface area contributed by atoms with Crippen molar-refractivity contribution in [1.29, 1.82) is 0 Å². The number of amides is 1. The Morgan fingerprint density at radius 2 is 1.94 bits per heavy atom. The number of nitrogens with zero attached hydrogens (tertiary/aromatic N) is 2. The molecule has 4 nitrogen and oxygen atoms in total. The third-order valence-electron chi connectivity index (χ3n) is 3.29. The maximum atomic E-state index is 11.4. The van der Waals surface area contributed by atoms with Crippen LogP contribution in [0.2, 0.25) is 0 Å². The van der Waals surface area contributed by atoms with E-state index in [1.165, 1.54) is 13.0 Å². The van der Waals surface area contributed by atoms with E-state index in [1.54, 1.807) is 0 Å². The number of carbonyl (C=O) groups excluding carboxylic acids is 1. The van der Waals surface area contributed by atoms with Crippen LogP contribution in [0.3, 0.4) is 0 Å². The standard InChI is InChI=1S/C11H21N3O.ClH/c15-11-3-1-7-14(11)10-9-13-6-2-4-12-5-8-13;/h12H,1-10H2;1H. The van der Waals surface area contributed by atoms with E-state index < -0.39 is 0 Å². The van der Waals surface area contributed by atoms with E-state index in [-0.39, 0.29) is 12.4 Å². The molecule has 1 amide bonds. The molecule has 2 aliphatic rings. The predicted octanol–water partition coefficient (Wildman–Crippen LogP) is 0.326. The number of hydrogen-bond donors (Lipinski definition) is 1. The first-order valence-corrected chi connectivity index (χ1v) is 6.07. The Balaban J connectivity index is 0.00000128. The van der Waals surface area contributed by atoms with Crippen molar-refractivity contribution in [2.24, 2.45) is 0 Å². The SMILES string of the molecule is Cl.O=C1CCCN1CCN1CCCNCC1. The highest BCUT2D eigenvalue weighted by Gasteiger charge is 2.20. The highest BCUT2D eigenvalue weighted by molar-refractivity contribution is 5.85. The van der Waals surface area contributed by atoms with Gasteiger partial charge in [-0.1, -0.05) is 0 Å². The molecule has 0 spiro atoms. The number of likely N-dealkylation sites (tertiary alicyclic amines) is 1. The summed E-state index contributed by atoms with van der Waals surface area (Å²) in [6, 6.07) is 0. The van der Waals surface area contributed by atoms with Crippen LogP contribution in [0.1, 0.15) is 19.3 Å². The summed E-state index contributed by atoms with van der Waals surface area (Å²) < 4.78 is 0. The van der Waals surface area contributed by atoms with Gasteiger partial charge in [0.05, 0.1) is 0 Å². The van der Waals surface area contributed by atoms with Crippen LogP contribution in [0.4, 0.5) is 0 Å². The van der Waals surface area contributed by atoms with Crippen molar-refractivity contribution in [3.8, 4) is 0 Å². The van der Waals surface area contributed by atoms with Crippen LogP contribution < -0.4 is 5.32 Å². The van der Waals surface area contributed by atoms with E-state index >= 15 is 0 Å². The molecule has 1 N–H and O–H groups in total. The van der Waals surface area contributed by atoms with E-state index in [2.05, 4.69) is 10.2 Å². The minimum absolute atomic E-state index is 0. The van der Waals surface area contributed by atoms with Gasteiger partial charge in [-0.25, -0.2) is 0 Å². The normalized spacial score (nSPS) is 23.0. The van der Waals surface area contributed by atoms with Gasteiger partial charge < -0.3 is 15.1 Å². The first-order valence-electron chi connectivity index (χ1n) is 6.07. The lowest BCUT2D eigenvalue weighted by atomic mass is 10.4. The number of hydrogen-bond acceptors (Lipinski definition) is 3. The fourth-order valence-corrected chi connectivity index (χ4v) is 2.33. The molecular weight excluding hydrogens is 226 g/mol. The average molecular weight is 248 g/mol. The number of halogens is 1. The molecule has 0 aliphatic carbocycles. The Hall–Kier alpha value is -0.320. The van der Waals surface area contributed by atoms with Gasteiger partial charge in [0.1, 0.15) is 0 Å². The van der Waals surface area contributed by atoms with Crippen LogP contribution >= 0.6 is 12.4 Å². The maximum absolute atomic E-state index is 11.4. The number of carbonyl (C=O) groups is 1. The second-order valence-electron chi connectivity index (χ2n) is 4.43.